The van der Waals surface area contributed by atoms with Crippen LogP contribution in [0.4, 0.5) is 5.95 Å². The second-order valence-corrected chi connectivity index (χ2v) is 6.14. The smallest absolute Gasteiger partial charge is 0.287 e. The fraction of sp³-hybridized carbons (Fsp3) is 0.278. The third-order valence-corrected chi connectivity index (χ3v) is 4.29. The van der Waals surface area contributed by atoms with Crippen molar-refractivity contribution in [1.29, 1.82) is 0 Å². The van der Waals surface area contributed by atoms with Crippen LogP contribution in [-0.2, 0) is 0 Å². The second-order valence-electron chi connectivity index (χ2n) is 6.14. The van der Waals surface area contributed by atoms with E-state index in [-0.39, 0.29) is 11.9 Å². The molecule has 1 saturated heterocycles. The molecule has 3 aromatic heterocycles. The quantitative estimate of drug-likeness (QED) is 0.763. The molecule has 0 saturated carbocycles. The van der Waals surface area contributed by atoms with Gasteiger partial charge in [-0.15, -0.1) is 0 Å². The van der Waals surface area contributed by atoms with Crippen molar-refractivity contribution in [2.24, 2.45) is 0 Å². The number of aromatic amines is 1. The largest absolute Gasteiger partial charge is 0.456 e. The van der Waals surface area contributed by atoms with E-state index in [1.165, 1.54) is 0 Å². The van der Waals surface area contributed by atoms with Crippen molar-refractivity contribution in [3.8, 4) is 11.4 Å². The van der Waals surface area contributed by atoms with Crippen LogP contribution in [0.3, 0.4) is 0 Å². The number of carbonyl (C=O) groups excluding carboxylic acids is 1. The van der Waals surface area contributed by atoms with Crippen LogP contribution in [0.2, 0.25) is 0 Å². The lowest BCUT2D eigenvalue weighted by Crippen LogP contribution is -2.37. The number of nitrogens with one attached hydrogen (secondary N) is 2. The van der Waals surface area contributed by atoms with E-state index in [0.717, 1.165) is 30.1 Å². The molecule has 0 aromatic carbocycles. The zero-order valence-electron chi connectivity index (χ0n) is 13.9. The number of aryl methyl sites for hydroxylation is 1. The van der Waals surface area contributed by atoms with Crippen LogP contribution in [0.25, 0.3) is 11.4 Å². The summed E-state index contributed by atoms with van der Waals surface area (Å²) in [5, 5.41) is 3.01. The molecule has 4 rings (SSSR count). The highest BCUT2D eigenvalue weighted by molar-refractivity contribution is 5.91. The molecule has 1 aliphatic heterocycles. The summed E-state index contributed by atoms with van der Waals surface area (Å²) in [7, 11) is 0. The van der Waals surface area contributed by atoms with Gasteiger partial charge in [-0.3, -0.25) is 4.79 Å². The fourth-order valence-corrected chi connectivity index (χ4v) is 3.01. The number of anilines is 1. The summed E-state index contributed by atoms with van der Waals surface area (Å²) in [4.78, 5) is 26.4. The number of hydrogen-bond donors (Lipinski definition) is 2. The molecule has 0 radical (unpaired) electrons. The zero-order valence-corrected chi connectivity index (χ0v) is 13.9. The first-order chi connectivity index (χ1) is 12.2. The average Bonchev–Trinajstić information content (AvgIpc) is 3.36. The first-order valence-electron chi connectivity index (χ1n) is 8.28. The van der Waals surface area contributed by atoms with Gasteiger partial charge in [-0.1, -0.05) is 0 Å². The van der Waals surface area contributed by atoms with Gasteiger partial charge in [0.25, 0.3) is 5.91 Å². The Hall–Kier alpha value is -3.09. The Morgan fingerprint density at radius 3 is 3.04 bits per heavy atom. The molecular formula is C18H19N5O2. The number of nitrogens with zero attached hydrogens (tertiary/aromatic N) is 3. The minimum Gasteiger partial charge on any atom is -0.456 e. The standard InChI is InChI=1S/C18H19N5O2/c1-12-4-5-16(25-12)17(24)21-13-7-10-23(11-13)18-20-9-6-15(22-18)14-3-2-8-19-14/h2-6,8-9,13,19H,7,10-11H2,1H3,(H,21,24). The maximum atomic E-state index is 12.2. The first-order valence-corrected chi connectivity index (χ1v) is 8.28. The summed E-state index contributed by atoms with van der Waals surface area (Å²) in [5.74, 6) is 1.58. The van der Waals surface area contributed by atoms with Crippen molar-refractivity contribution >= 4 is 11.9 Å². The van der Waals surface area contributed by atoms with Gasteiger partial charge in [0.15, 0.2) is 5.76 Å². The highest BCUT2D eigenvalue weighted by Crippen LogP contribution is 2.20. The third kappa shape index (κ3) is 3.26. The Labute approximate surface area is 145 Å². The maximum absolute atomic E-state index is 12.2. The van der Waals surface area contributed by atoms with Crippen LogP contribution in [0.15, 0.2) is 47.1 Å². The minimum atomic E-state index is -0.180. The van der Waals surface area contributed by atoms with Gasteiger partial charge in [0.1, 0.15) is 5.76 Å². The molecule has 7 heteroatoms. The van der Waals surface area contributed by atoms with E-state index in [2.05, 4.69) is 25.2 Å². The molecule has 1 unspecified atom stereocenters. The van der Waals surface area contributed by atoms with Crippen molar-refractivity contribution in [2.45, 2.75) is 19.4 Å². The monoisotopic (exact) mass is 337 g/mol. The van der Waals surface area contributed by atoms with Crippen molar-refractivity contribution in [2.75, 3.05) is 18.0 Å². The van der Waals surface area contributed by atoms with Gasteiger partial charge < -0.3 is 19.6 Å². The lowest BCUT2D eigenvalue weighted by Gasteiger charge is -2.17. The molecule has 0 spiro atoms. The molecule has 0 aliphatic carbocycles. The lowest BCUT2D eigenvalue weighted by atomic mass is 10.2. The molecule has 2 N–H and O–H groups in total. The molecule has 0 bridgehead atoms. The Kier molecular flexibility index (Phi) is 3.97. The van der Waals surface area contributed by atoms with Gasteiger partial charge in [-0.2, -0.15) is 0 Å². The molecule has 1 fully saturated rings. The Balaban J connectivity index is 1.42. The van der Waals surface area contributed by atoms with Crippen LogP contribution < -0.4 is 10.2 Å². The van der Waals surface area contributed by atoms with Gasteiger partial charge in [0.05, 0.1) is 11.4 Å². The summed E-state index contributed by atoms with van der Waals surface area (Å²) >= 11 is 0. The van der Waals surface area contributed by atoms with Gasteiger partial charge in [0, 0.05) is 31.5 Å². The number of carbonyl (C=O) groups is 1. The van der Waals surface area contributed by atoms with Gasteiger partial charge >= 0.3 is 0 Å². The van der Waals surface area contributed by atoms with E-state index in [1.807, 2.05) is 31.3 Å². The molecule has 1 amide bonds. The van der Waals surface area contributed by atoms with Crippen molar-refractivity contribution in [1.82, 2.24) is 20.3 Å². The summed E-state index contributed by atoms with van der Waals surface area (Å²) < 4.78 is 5.37. The number of rotatable bonds is 4. The van der Waals surface area contributed by atoms with Crippen molar-refractivity contribution < 1.29 is 9.21 Å². The Bertz CT molecular complexity index is 871. The number of aromatic nitrogens is 3. The second kappa shape index (κ2) is 6.43. The minimum absolute atomic E-state index is 0.0515. The van der Waals surface area contributed by atoms with E-state index >= 15 is 0 Å². The first kappa shape index (κ1) is 15.4. The highest BCUT2D eigenvalue weighted by atomic mass is 16.3. The van der Waals surface area contributed by atoms with E-state index in [0.29, 0.717) is 18.3 Å². The average molecular weight is 337 g/mol. The maximum Gasteiger partial charge on any atom is 0.287 e. The van der Waals surface area contributed by atoms with Crippen molar-refractivity contribution in [3.05, 3.63) is 54.2 Å². The molecule has 7 nitrogen and oxygen atoms in total. The predicted molar refractivity (Wildman–Crippen MR) is 93.3 cm³/mol. The van der Waals surface area contributed by atoms with Crippen molar-refractivity contribution in [3.63, 3.8) is 0 Å². The predicted octanol–water partition coefficient (Wildman–Crippen LogP) is 2.38. The van der Waals surface area contributed by atoms with Crippen LogP contribution in [-0.4, -0.2) is 40.0 Å². The van der Waals surface area contributed by atoms with E-state index < -0.39 is 0 Å². The van der Waals surface area contributed by atoms with Gasteiger partial charge in [-0.05, 0) is 43.7 Å². The fourth-order valence-electron chi connectivity index (χ4n) is 3.01. The molecule has 25 heavy (non-hydrogen) atoms. The molecule has 3 aromatic rings. The summed E-state index contributed by atoms with van der Waals surface area (Å²) in [6.45, 7) is 3.30. The van der Waals surface area contributed by atoms with Crippen LogP contribution in [0, 0.1) is 6.92 Å². The van der Waals surface area contributed by atoms with E-state index in [9.17, 15) is 4.79 Å². The summed E-state index contributed by atoms with van der Waals surface area (Å²) in [5.41, 5.74) is 1.81. The molecule has 128 valence electrons. The van der Waals surface area contributed by atoms with Gasteiger partial charge in [0.2, 0.25) is 5.95 Å². The topological polar surface area (TPSA) is 87.0 Å². The third-order valence-electron chi connectivity index (χ3n) is 4.29. The summed E-state index contributed by atoms with van der Waals surface area (Å²) in [6, 6.07) is 9.33. The van der Waals surface area contributed by atoms with Crippen LogP contribution >= 0.6 is 0 Å². The van der Waals surface area contributed by atoms with Gasteiger partial charge in [-0.25, -0.2) is 9.97 Å². The van der Waals surface area contributed by atoms with E-state index in [1.54, 1.807) is 18.3 Å². The number of amides is 1. The highest BCUT2D eigenvalue weighted by Gasteiger charge is 2.26. The SMILES string of the molecule is Cc1ccc(C(=O)NC2CCN(c3nccc(-c4ccc[nH]4)n3)C2)o1. The number of hydrogen-bond acceptors (Lipinski definition) is 5. The lowest BCUT2D eigenvalue weighted by molar-refractivity contribution is 0.0911. The molecular weight excluding hydrogens is 318 g/mol. The summed E-state index contributed by atoms with van der Waals surface area (Å²) in [6.07, 6.45) is 4.48. The molecule has 1 aliphatic rings. The van der Waals surface area contributed by atoms with Crippen LogP contribution in [0.1, 0.15) is 22.7 Å². The van der Waals surface area contributed by atoms with Crippen LogP contribution in [0.5, 0.6) is 0 Å². The zero-order chi connectivity index (χ0) is 17.2. The number of furan rings is 1. The number of H-pyrrole nitrogens is 1. The Morgan fingerprint density at radius 2 is 2.28 bits per heavy atom. The Morgan fingerprint density at radius 1 is 1.36 bits per heavy atom. The molecule has 4 heterocycles. The normalized spacial score (nSPS) is 17.0. The van der Waals surface area contributed by atoms with E-state index in [4.69, 9.17) is 4.42 Å². The molecule has 1 atom stereocenters.